The highest BCUT2D eigenvalue weighted by atomic mass is 32.1. The molecule has 1 amide bonds. The van der Waals surface area contributed by atoms with Crippen molar-refractivity contribution in [1.82, 2.24) is 9.55 Å². The van der Waals surface area contributed by atoms with Gasteiger partial charge in [-0.3, -0.25) is 4.79 Å². The van der Waals surface area contributed by atoms with Gasteiger partial charge in [0, 0.05) is 22.8 Å². The molecule has 1 N–H and O–H groups in total. The van der Waals surface area contributed by atoms with Gasteiger partial charge < -0.3 is 9.88 Å². The number of anilines is 1. The molecule has 22 heavy (non-hydrogen) atoms. The first kappa shape index (κ1) is 13.5. The Bertz CT molecular complexity index is 816. The van der Waals surface area contributed by atoms with Crippen LogP contribution < -0.4 is 5.32 Å². The molecular formula is C17H17N3OS. The highest BCUT2D eigenvalue weighted by molar-refractivity contribution is 7.15. The van der Waals surface area contributed by atoms with Crippen LogP contribution in [-0.2, 0) is 11.3 Å². The molecule has 4 rings (SSSR count). The molecule has 0 radical (unpaired) electrons. The van der Waals surface area contributed by atoms with Gasteiger partial charge in [-0.1, -0.05) is 24.6 Å². The fourth-order valence-electron chi connectivity index (χ4n) is 2.82. The van der Waals surface area contributed by atoms with Crippen LogP contribution in [0.5, 0.6) is 0 Å². The van der Waals surface area contributed by atoms with E-state index in [2.05, 4.69) is 16.4 Å². The minimum absolute atomic E-state index is 0.0316. The molecule has 2 heterocycles. The summed E-state index contributed by atoms with van der Waals surface area (Å²) in [5.74, 6) is 0.632. The third-order valence-electron chi connectivity index (χ3n) is 4.27. The molecule has 0 unspecified atom stereocenters. The van der Waals surface area contributed by atoms with E-state index in [4.69, 9.17) is 0 Å². The number of para-hydroxylation sites is 1. The number of nitrogens with zero attached hydrogens (tertiary/aromatic N) is 2. The van der Waals surface area contributed by atoms with Gasteiger partial charge in [-0.2, -0.15) is 0 Å². The lowest BCUT2D eigenvalue weighted by Gasteiger charge is -2.23. The van der Waals surface area contributed by atoms with E-state index >= 15 is 0 Å². The summed E-state index contributed by atoms with van der Waals surface area (Å²) < 4.78 is 1.96. The van der Waals surface area contributed by atoms with Crippen molar-refractivity contribution in [2.45, 2.75) is 31.7 Å². The molecule has 3 aromatic rings. The van der Waals surface area contributed by atoms with Crippen molar-refractivity contribution in [3.05, 3.63) is 47.6 Å². The van der Waals surface area contributed by atoms with E-state index < -0.39 is 0 Å². The van der Waals surface area contributed by atoms with Gasteiger partial charge >= 0.3 is 0 Å². The number of rotatable bonds is 4. The van der Waals surface area contributed by atoms with Crippen molar-refractivity contribution in [2.75, 3.05) is 5.32 Å². The number of aromatic nitrogens is 2. The molecule has 1 aliphatic carbocycles. The molecule has 112 valence electrons. The summed E-state index contributed by atoms with van der Waals surface area (Å²) in [5.41, 5.74) is 1.08. The summed E-state index contributed by atoms with van der Waals surface area (Å²) in [5, 5.41) is 4.78. The number of carbonyl (C=O) groups excluding carboxylic acids is 1. The number of benzene rings is 1. The quantitative estimate of drug-likeness (QED) is 0.791. The second-order valence-corrected chi connectivity index (χ2v) is 6.81. The van der Waals surface area contributed by atoms with Gasteiger partial charge in [0.2, 0.25) is 5.91 Å². The minimum Gasteiger partial charge on any atom is -0.338 e. The highest BCUT2D eigenvalue weighted by Crippen LogP contribution is 2.39. The van der Waals surface area contributed by atoms with Gasteiger partial charge in [0.1, 0.15) is 6.54 Å². The Morgan fingerprint density at radius 3 is 3.00 bits per heavy atom. The topological polar surface area (TPSA) is 46.9 Å². The van der Waals surface area contributed by atoms with E-state index in [1.165, 1.54) is 24.1 Å². The SMILES string of the molecule is O=C(Cn1ccc2ccccc21)Nc1ncc(C2CCC2)s1. The van der Waals surface area contributed by atoms with Crippen molar-refractivity contribution in [3.8, 4) is 0 Å². The standard InChI is InChI=1S/C17H17N3OS/c21-16(11-20-9-8-12-4-1-2-7-14(12)20)19-17-18-10-15(22-17)13-5-3-6-13/h1-2,4,7-10,13H,3,5-6,11H2,(H,18,19,21). The van der Waals surface area contributed by atoms with Gasteiger partial charge in [0.15, 0.2) is 5.13 Å². The maximum absolute atomic E-state index is 12.2. The second kappa shape index (κ2) is 5.57. The van der Waals surface area contributed by atoms with Crippen LogP contribution in [0.2, 0.25) is 0 Å². The first-order chi connectivity index (χ1) is 10.8. The summed E-state index contributed by atoms with van der Waals surface area (Å²) in [4.78, 5) is 17.8. The Hall–Kier alpha value is -2.14. The molecule has 4 nitrogen and oxygen atoms in total. The molecule has 1 saturated carbocycles. The Morgan fingerprint density at radius 2 is 2.18 bits per heavy atom. The Labute approximate surface area is 132 Å². The maximum atomic E-state index is 12.2. The van der Waals surface area contributed by atoms with Crippen LogP contribution in [0, 0.1) is 0 Å². The maximum Gasteiger partial charge on any atom is 0.246 e. The van der Waals surface area contributed by atoms with E-state index in [9.17, 15) is 4.79 Å². The van der Waals surface area contributed by atoms with Crippen LogP contribution in [0.3, 0.4) is 0 Å². The summed E-state index contributed by atoms with van der Waals surface area (Å²) >= 11 is 1.61. The zero-order valence-electron chi connectivity index (χ0n) is 12.2. The number of hydrogen-bond acceptors (Lipinski definition) is 3. The molecule has 0 saturated heterocycles. The third-order valence-corrected chi connectivity index (χ3v) is 5.35. The predicted molar refractivity (Wildman–Crippen MR) is 89.3 cm³/mol. The van der Waals surface area contributed by atoms with Gasteiger partial charge in [-0.25, -0.2) is 4.98 Å². The van der Waals surface area contributed by atoms with Gasteiger partial charge in [-0.05, 0) is 36.3 Å². The van der Waals surface area contributed by atoms with Crippen LogP contribution in [0.1, 0.15) is 30.1 Å². The summed E-state index contributed by atoms with van der Waals surface area (Å²) in [6, 6.07) is 10.1. The van der Waals surface area contributed by atoms with Gasteiger partial charge in [0.25, 0.3) is 0 Å². The number of hydrogen-bond donors (Lipinski definition) is 1. The number of thiazole rings is 1. The molecule has 0 bridgehead atoms. The minimum atomic E-state index is -0.0316. The lowest BCUT2D eigenvalue weighted by molar-refractivity contribution is -0.116. The van der Waals surface area contributed by atoms with Gasteiger partial charge in [-0.15, -0.1) is 11.3 Å². The first-order valence-electron chi connectivity index (χ1n) is 7.59. The number of amides is 1. The van der Waals surface area contributed by atoms with Crippen LogP contribution in [0.25, 0.3) is 10.9 Å². The fraction of sp³-hybridized carbons (Fsp3) is 0.294. The van der Waals surface area contributed by atoms with Crippen molar-refractivity contribution in [1.29, 1.82) is 0 Å². The molecular weight excluding hydrogens is 294 g/mol. The van der Waals surface area contributed by atoms with Crippen molar-refractivity contribution in [3.63, 3.8) is 0 Å². The first-order valence-corrected chi connectivity index (χ1v) is 8.41. The van der Waals surface area contributed by atoms with Crippen molar-refractivity contribution >= 4 is 33.3 Å². The zero-order chi connectivity index (χ0) is 14.9. The van der Waals surface area contributed by atoms with E-state index in [0.29, 0.717) is 17.6 Å². The molecule has 0 spiro atoms. The largest absolute Gasteiger partial charge is 0.338 e. The van der Waals surface area contributed by atoms with Crippen LogP contribution in [0.15, 0.2) is 42.7 Å². The summed E-state index contributed by atoms with van der Waals surface area (Å²) in [6.07, 6.45) is 7.68. The predicted octanol–water partition coefficient (Wildman–Crippen LogP) is 4.00. The van der Waals surface area contributed by atoms with Crippen LogP contribution in [0.4, 0.5) is 5.13 Å². The lowest BCUT2D eigenvalue weighted by atomic mass is 9.85. The van der Waals surface area contributed by atoms with E-state index in [0.717, 1.165) is 10.9 Å². The zero-order valence-corrected chi connectivity index (χ0v) is 13.0. The molecule has 1 aliphatic rings. The molecule has 0 aliphatic heterocycles. The summed E-state index contributed by atoms with van der Waals surface area (Å²) in [6.45, 7) is 0.311. The monoisotopic (exact) mass is 311 g/mol. The van der Waals surface area contributed by atoms with Gasteiger partial charge in [0.05, 0.1) is 0 Å². The lowest BCUT2D eigenvalue weighted by Crippen LogP contribution is -2.18. The number of nitrogens with one attached hydrogen (secondary N) is 1. The second-order valence-electron chi connectivity index (χ2n) is 5.75. The van der Waals surface area contributed by atoms with Crippen molar-refractivity contribution < 1.29 is 4.79 Å². The normalized spacial score (nSPS) is 14.9. The molecule has 2 aromatic heterocycles. The third kappa shape index (κ3) is 2.52. The molecule has 1 fully saturated rings. The van der Waals surface area contributed by atoms with E-state index in [-0.39, 0.29) is 5.91 Å². The average Bonchev–Trinajstić information content (AvgIpc) is 3.05. The Kier molecular flexibility index (Phi) is 3.42. The molecule has 0 atom stereocenters. The Balaban J connectivity index is 1.44. The van der Waals surface area contributed by atoms with Crippen LogP contribution in [-0.4, -0.2) is 15.5 Å². The van der Waals surface area contributed by atoms with Crippen molar-refractivity contribution in [2.24, 2.45) is 0 Å². The van der Waals surface area contributed by atoms with Crippen LogP contribution >= 0.6 is 11.3 Å². The molecule has 5 heteroatoms. The fourth-order valence-corrected chi connectivity index (χ4v) is 3.82. The van der Waals surface area contributed by atoms with E-state index in [1.54, 1.807) is 11.3 Å². The smallest absolute Gasteiger partial charge is 0.246 e. The molecule has 1 aromatic carbocycles. The Morgan fingerprint density at radius 1 is 1.32 bits per heavy atom. The number of fused-ring (bicyclic) bond motifs is 1. The number of carbonyl (C=O) groups is 1. The average molecular weight is 311 g/mol. The highest BCUT2D eigenvalue weighted by Gasteiger charge is 2.22. The summed E-state index contributed by atoms with van der Waals surface area (Å²) in [7, 11) is 0. The van der Waals surface area contributed by atoms with E-state index in [1.807, 2.05) is 41.2 Å².